The summed E-state index contributed by atoms with van der Waals surface area (Å²) in [6.07, 6.45) is 3.84. The highest BCUT2D eigenvalue weighted by molar-refractivity contribution is 5.97. The Kier molecular flexibility index (Phi) is 4.66. The molecule has 0 spiro atoms. The van der Waals surface area contributed by atoms with E-state index >= 15 is 0 Å². The molecule has 1 heterocycles. The van der Waals surface area contributed by atoms with Crippen LogP contribution in [0.3, 0.4) is 0 Å². The average Bonchev–Trinajstić information content (AvgIpc) is 2.98. The summed E-state index contributed by atoms with van der Waals surface area (Å²) in [6.45, 7) is 2.88. The summed E-state index contributed by atoms with van der Waals surface area (Å²) < 4.78 is 7.72. The van der Waals surface area contributed by atoms with Crippen LogP contribution in [0.15, 0.2) is 66.7 Å². The Morgan fingerprint density at radius 1 is 1.17 bits per heavy atom. The molecule has 122 valence electrons. The molecular formula is C20H19NO3. The SMILES string of the molecule is C/C=C\Cn1c(C(=O)O)cc2c(OCc3ccccc3)cccc21. The highest BCUT2D eigenvalue weighted by Gasteiger charge is 2.16. The molecule has 0 aliphatic rings. The first-order chi connectivity index (χ1) is 11.7. The van der Waals surface area contributed by atoms with Crippen molar-refractivity contribution in [1.29, 1.82) is 0 Å². The van der Waals surface area contributed by atoms with Crippen LogP contribution < -0.4 is 4.74 Å². The molecule has 0 fully saturated rings. The van der Waals surface area contributed by atoms with Crippen LogP contribution >= 0.6 is 0 Å². The number of hydrogen-bond donors (Lipinski definition) is 1. The zero-order valence-corrected chi connectivity index (χ0v) is 13.5. The number of hydrogen-bond acceptors (Lipinski definition) is 2. The molecule has 0 atom stereocenters. The summed E-state index contributed by atoms with van der Waals surface area (Å²) in [7, 11) is 0. The first kappa shape index (κ1) is 15.9. The fraction of sp³-hybridized carbons (Fsp3) is 0.150. The molecule has 0 bridgehead atoms. The third kappa shape index (κ3) is 3.18. The van der Waals surface area contributed by atoms with Gasteiger partial charge in [0, 0.05) is 11.9 Å². The van der Waals surface area contributed by atoms with Gasteiger partial charge in [0.15, 0.2) is 0 Å². The number of fused-ring (bicyclic) bond motifs is 1. The molecule has 2 aromatic carbocycles. The Hall–Kier alpha value is -3.01. The minimum absolute atomic E-state index is 0.263. The first-order valence-corrected chi connectivity index (χ1v) is 7.84. The third-order valence-electron chi connectivity index (χ3n) is 3.89. The quantitative estimate of drug-likeness (QED) is 0.680. The zero-order valence-electron chi connectivity index (χ0n) is 13.5. The topological polar surface area (TPSA) is 51.5 Å². The van der Waals surface area contributed by atoms with Crippen LogP contribution in [-0.4, -0.2) is 15.6 Å². The second-order valence-electron chi connectivity index (χ2n) is 5.48. The number of benzene rings is 2. The number of carboxylic acid groups (broad SMARTS) is 1. The van der Waals surface area contributed by atoms with Gasteiger partial charge in [-0.3, -0.25) is 0 Å². The van der Waals surface area contributed by atoms with Crippen molar-refractivity contribution in [3.8, 4) is 5.75 Å². The fourth-order valence-corrected chi connectivity index (χ4v) is 2.70. The summed E-state index contributed by atoms with van der Waals surface area (Å²) in [5, 5.41) is 10.3. The number of aromatic nitrogens is 1. The summed E-state index contributed by atoms with van der Waals surface area (Å²) in [4.78, 5) is 11.6. The molecule has 0 saturated carbocycles. The molecule has 4 nitrogen and oxygen atoms in total. The largest absolute Gasteiger partial charge is 0.488 e. The monoisotopic (exact) mass is 321 g/mol. The van der Waals surface area contributed by atoms with Crippen LogP contribution in [-0.2, 0) is 13.2 Å². The van der Waals surface area contributed by atoms with Crippen LogP contribution in [0.1, 0.15) is 23.0 Å². The van der Waals surface area contributed by atoms with Crippen molar-refractivity contribution >= 4 is 16.9 Å². The number of carboxylic acids is 1. The van der Waals surface area contributed by atoms with Gasteiger partial charge in [-0.2, -0.15) is 0 Å². The van der Waals surface area contributed by atoms with E-state index in [1.54, 1.807) is 10.6 Å². The van der Waals surface area contributed by atoms with Gasteiger partial charge in [-0.15, -0.1) is 0 Å². The molecule has 0 radical (unpaired) electrons. The Labute approximate surface area is 140 Å². The van der Waals surface area contributed by atoms with Crippen LogP contribution in [0.5, 0.6) is 5.75 Å². The average molecular weight is 321 g/mol. The van der Waals surface area contributed by atoms with E-state index in [-0.39, 0.29) is 5.69 Å². The van der Waals surface area contributed by atoms with Crippen molar-refractivity contribution in [2.45, 2.75) is 20.1 Å². The Morgan fingerprint density at radius 2 is 1.96 bits per heavy atom. The van der Waals surface area contributed by atoms with Crippen molar-refractivity contribution in [3.05, 3.63) is 78.0 Å². The van der Waals surface area contributed by atoms with Crippen LogP contribution in [0.4, 0.5) is 0 Å². The molecule has 0 aliphatic heterocycles. The second kappa shape index (κ2) is 7.04. The second-order valence-corrected chi connectivity index (χ2v) is 5.48. The normalized spacial score (nSPS) is 11.2. The predicted octanol–water partition coefficient (Wildman–Crippen LogP) is 4.49. The molecule has 1 N–H and O–H groups in total. The molecule has 3 aromatic rings. The molecule has 24 heavy (non-hydrogen) atoms. The maximum atomic E-state index is 11.6. The maximum Gasteiger partial charge on any atom is 0.352 e. The Bertz CT molecular complexity index is 879. The summed E-state index contributed by atoms with van der Waals surface area (Å²) >= 11 is 0. The third-order valence-corrected chi connectivity index (χ3v) is 3.89. The summed E-state index contributed by atoms with van der Waals surface area (Å²) in [5.41, 5.74) is 2.19. The van der Waals surface area contributed by atoms with Crippen LogP contribution in [0.2, 0.25) is 0 Å². The molecule has 0 unspecified atom stereocenters. The van der Waals surface area contributed by atoms with Gasteiger partial charge in [-0.25, -0.2) is 4.79 Å². The lowest BCUT2D eigenvalue weighted by Gasteiger charge is -2.09. The predicted molar refractivity (Wildman–Crippen MR) is 94.5 cm³/mol. The lowest BCUT2D eigenvalue weighted by molar-refractivity contribution is 0.0686. The first-order valence-electron chi connectivity index (χ1n) is 7.84. The number of nitrogens with zero attached hydrogens (tertiary/aromatic N) is 1. The van der Waals surface area contributed by atoms with Crippen molar-refractivity contribution < 1.29 is 14.6 Å². The van der Waals surface area contributed by atoms with Gasteiger partial charge in [0.1, 0.15) is 18.1 Å². The molecule has 3 rings (SSSR count). The summed E-state index contributed by atoms with van der Waals surface area (Å²) in [5.74, 6) is -0.247. The van der Waals surface area contributed by atoms with E-state index in [2.05, 4.69) is 0 Å². The van der Waals surface area contributed by atoms with Crippen molar-refractivity contribution in [2.24, 2.45) is 0 Å². The number of ether oxygens (including phenoxy) is 1. The molecule has 0 amide bonds. The Balaban J connectivity index is 1.98. The lowest BCUT2D eigenvalue weighted by Crippen LogP contribution is -2.07. The zero-order chi connectivity index (χ0) is 16.9. The van der Waals surface area contributed by atoms with Crippen molar-refractivity contribution in [3.63, 3.8) is 0 Å². The van der Waals surface area contributed by atoms with Crippen LogP contribution in [0, 0.1) is 0 Å². The fourth-order valence-electron chi connectivity index (χ4n) is 2.70. The van der Waals surface area contributed by atoms with Gasteiger partial charge in [0.05, 0.1) is 5.52 Å². The van der Waals surface area contributed by atoms with E-state index < -0.39 is 5.97 Å². The minimum atomic E-state index is -0.940. The summed E-state index contributed by atoms with van der Waals surface area (Å²) in [6, 6.07) is 17.3. The number of carbonyl (C=O) groups is 1. The molecule has 1 aromatic heterocycles. The number of aromatic carboxylic acids is 1. The van der Waals surface area contributed by atoms with E-state index in [1.807, 2.05) is 67.6 Å². The smallest absolute Gasteiger partial charge is 0.352 e. The highest BCUT2D eigenvalue weighted by Crippen LogP contribution is 2.30. The van der Waals surface area contributed by atoms with Gasteiger partial charge < -0.3 is 14.4 Å². The van der Waals surface area contributed by atoms with Gasteiger partial charge in [0.25, 0.3) is 0 Å². The molecule has 4 heteroatoms. The van der Waals surface area contributed by atoms with Crippen LogP contribution in [0.25, 0.3) is 10.9 Å². The number of allylic oxidation sites excluding steroid dienone is 2. The number of rotatable bonds is 6. The van der Waals surface area contributed by atoms with E-state index in [0.717, 1.165) is 16.5 Å². The van der Waals surface area contributed by atoms with E-state index in [1.165, 1.54) is 0 Å². The van der Waals surface area contributed by atoms with Gasteiger partial charge in [-0.05, 0) is 30.7 Å². The Morgan fingerprint density at radius 3 is 2.67 bits per heavy atom. The molecular weight excluding hydrogens is 302 g/mol. The molecule has 0 aliphatic carbocycles. The van der Waals surface area contributed by atoms with Crippen molar-refractivity contribution in [1.82, 2.24) is 4.57 Å². The van der Waals surface area contributed by atoms with E-state index in [4.69, 9.17) is 4.74 Å². The van der Waals surface area contributed by atoms with Gasteiger partial charge in [-0.1, -0.05) is 48.6 Å². The van der Waals surface area contributed by atoms with E-state index in [9.17, 15) is 9.90 Å². The highest BCUT2D eigenvalue weighted by atomic mass is 16.5. The maximum absolute atomic E-state index is 11.6. The minimum Gasteiger partial charge on any atom is -0.488 e. The molecule has 0 saturated heterocycles. The van der Waals surface area contributed by atoms with Gasteiger partial charge >= 0.3 is 5.97 Å². The lowest BCUT2D eigenvalue weighted by atomic mass is 10.2. The van der Waals surface area contributed by atoms with Gasteiger partial charge in [0.2, 0.25) is 0 Å². The van der Waals surface area contributed by atoms with E-state index in [0.29, 0.717) is 18.9 Å². The van der Waals surface area contributed by atoms with Crippen molar-refractivity contribution in [2.75, 3.05) is 0 Å². The standard InChI is InChI=1S/C20H19NO3/c1-2-3-12-21-17-10-7-11-19(16(17)13-18(21)20(22)23)24-14-15-8-5-4-6-9-15/h2-11,13H,12,14H2,1H3,(H,22,23)/b3-2-.